The van der Waals surface area contributed by atoms with E-state index in [1.807, 2.05) is 27.7 Å². The fourth-order valence-corrected chi connectivity index (χ4v) is 4.73. The van der Waals surface area contributed by atoms with Gasteiger partial charge < -0.3 is 15.4 Å². The lowest BCUT2D eigenvalue weighted by atomic mass is 9.89. The van der Waals surface area contributed by atoms with E-state index in [2.05, 4.69) is 12.1 Å². The standard InChI is InChI=1S/C19H32NO3P/c1-14-10-16(12-18(3,4)20)11-15(2)17(14)23-13-19(24(21)22)8-6-5-7-9-19/h10-11,24H,5-9,12-13,20H2,1-4H3,(H,21,22). The van der Waals surface area contributed by atoms with E-state index in [0.29, 0.717) is 6.61 Å². The molecule has 0 radical (unpaired) electrons. The minimum absolute atomic E-state index is 0.246. The molecule has 1 aromatic carbocycles. The van der Waals surface area contributed by atoms with E-state index in [1.165, 1.54) is 5.56 Å². The number of nitrogens with two attached hydrogens (primary N) is 1. The number of hydrogen-bond acceptors (Lipinski definition) is 3. The van der Waals surface area contributed by atoms with Crippen LogP contribution in [-0.4, -0.2) is 22.2 Å². The molecule has 4 nitrogen and oxygen atoms in total. The van der Waals surface area contributed by atoms with Crippen LogP contribution in [0.25, 0.3) is 0 Å². The van der Waals surface area contributed by atoms with Gasteiger partial charge in [-0.05, 0) is 63.6 Å². The van der Waals surface area contributed by atoms with Crippen LogP contribution in [0.1, 0.15) is 62.6 Å². The van der Waals surface area contributed by atoms with Crippen LogP contribution >= 0.6 is 8.03 Å². The number of ether oxygens (including phenoxy) is 1. The molecule has 1 atom stereocenters. The average Bonchev–Trinajstić information content (AvgIpc) is 2.45. The summed E-state index contributed by atoms with van der Waals surface area (Å²) in [5.74, 6) is 0.849. The number of hydrogen-bond donors (Lipinski definition) is 2. The second-order valence-corrected chi connectivity index (χ2v) is 9.83. The molecule has 0 bridgehead atoms. The van der Waals surface area contributed by atoms with Gasteiger partial charge in [-0.3, -0.25) is 4.57 Å². The Bertz CT molecular complexity index is 578. The Morgan fingerprint density at radius 2 is 1.75 bits per heavy atom. The van der Waals surface area contributed by atoms with Gasteiger partial charge >= 0.3 is 0 Å². The van der Waals surface area contributed by atoms with Crippen LogP contribution in [0.5, 0.6) is 5.75 Å². The fourth-order valence-electron chi connectivity index (χ4n) is 3.75. The molecule has 0 heterocycles. The third-order valence-electron chi connectivity index (χ3n) is 4.94. The molecule has 0 spiro atoms. The molecule has 24 heavy (non-hydrogen) atoms. The summed E-state index contributed by atoms with van der Waals surface area (Å²) in [6, 6.07) is 4.24. The molecule has 2 rings (SSSR count). The minimum Gasteiger partial charge on any atom is -0.492 e. The van der Waals surface area contributed by atoms with Crippen LogP contribution in [0.2, 0.25) is 0 Å². The van der Waals surface area contributed by atoms with E-state index >= 15 is 0 Å². The maximum atomic E-state index is 12.0. The van der Waals surface area contributed by atoms with E-state index in [4.69, 9.17) is 10.5 Å². The summed E-state index contributed by atoms with van der Waals surface area (Å²) in [6.45, 7) is 8.45. The highest BCUT2D eigenvalue weighted by molar-refractivity contribution is 7.40. The van der Waals surface area contributed by atoms with Crippen molar-refractivity contribution in [1.82, 2.24) is 0 Å². The first-order valence-corrected chi connectivity index (χ1v) is 10.2. The number of aryl methyl sites for hydroxylation is 2. The molecular weight excluding hydrogens is 321 g/mol. The van der Waals surface area contributed by atoms with Gasteiger partial charge in [-0.25, -0.2) is 0 Å². The zero-order valence-corrected chi connectivity index (χ0v) is 16.4. The average molecular weight is 353 g/mol. The highest BCUT2D eigenvalue weighted by Gasteiger charge is 2.38. The van der Waals surface area contributed by atoms with Crippen molar-refractivity contribution in [2.75, 3.05) is 6.61 Å². The zero-order valence-electron chi connectivity index (χ0n) is 15.4. The Morgan fingerprint density at radius 3 is 2.21 bits per heavy atom. The first-order chi connectivity index (χ1) is 11.1. The molecule has 0 amide bonds. The molecule has 0 aromatic heterocycles. The highest BCUT2D eigenvalue weighted by Crippen LogP contribution is 2.47. The van der Waals surface area contributed by atoms with Gasteiger partial charge in [-0.15, -0.1) is 0 Å². The molecule has 1 fully saturated rings. The summed E-state index contributed by atoms with van der Waals surface area (Å²) in [6.07, 6.45) is 5.57. The van der Waals surface area contributed by atoms with Gasteiger partial charge in [0.05, 0.1) is 5.16 Å². The van der Waals surface area contributed by atoms with Gasteiger partial charge in [0.15, 0.2) is 8.03 Å². The quantitative estimate of drug-likeness (QED) is 0.754. The Morgan fingerprint density at radius 1 is 1.21 bits per heavy atom. The van der Waals surface area contributed by atoms with Crippen LogP contribution in [-0.2, 0) is 11.0 Å². The molecule has 1 unspecified atom stereocenters. The Labute approximate surface area is 146 Å². The summed E-state index contributed by atoms with van der Waals surface area (Å²) in [7, 11) is -2.61. The molecule has 1 saturated carbocycles. The molecule has 3 N–H and O–H groups in total. The predicted octanol–water partition coefficient (Wildman–Crippen LogP) is 4.13. The van der Waals surface area contributed by atoms with Gasteiger partial charge in [0.1, 0.15) is 12.4 Å². The molecule has 0 saturated heterocycles. The van der Waals surface area contributed by atoms with Crippen molar-refractivity contribution < 1.29 is 14.2 Å². The first-order valence-electron chi connectivity index (χ1n) is 8.88. The van der Waals surface area contributed by atoms with Gasteiger partial charge in [0.2, 0.25) is 0 Å². The van der Waals surface area contributed by atoms with E-state index in [-0.39, 0.29) is 5.54 Å². The van der Waals surface area contributed by atoms with Gasteiger partial charge in [-0.2, -0.15) is 0 Å². The van der Waals surface area contributed by atoms with Gasteiger partial charge in [-0.1, -0.05) is 31.4 Å². The van der Waals surface area contributed by atoms with Crippen LogP contribution in [0.3, 0.4) is 0 Å². The van der Waals surface area contributed by atoms with E-state index < -0.39 is 13.2 Å². The maximum Gasteiger partial charge on any atom is 0.198 e. The molecule has 1 aliphatic rings. The van der Waals surface area contributed by atoms with Crippen molar-refractivity contribution in [2.45, 2.75) is 76.9 Å². The van der Waals surface area contributed by atoms with Crippen molar-refractivity contribution >= 4 is 8.03 Å². The highest BCUT2D eigenvalue weighted by atomic mass is 31.1. The third-order valence-corrected chi connectivity index (χ3v) is 6.49. The molecular formula is C19H32NO3P. The molecule has 1 aromatic rings. The smallest absolute Gasteiger partial charge is 0.198 e. The largest absolute Gasteiger partial charge is 0.492 e. The second kappa shape index (κ2) is 7.59. The van der Waals surface area contributed by atoms with Gasteiger partial charge in [0, 0.05) is 5.54 Å². The van der Waals surface area contributed by atoms with Crippen molar-refractivity contribution in [1.29, 1.82) is 0 Å². The lowest BCUT2D eigenvalue weighted by molar-refractivity contribution is 0.215. The molecule has 0 aliphatic heterocycles. The van der Waals surface area contributed by atoms with Crippen LogP contribution in [0.4, 0.5) is 0 Å². The van der Waals surface area contributed by atoms with E-state index in [0.717, 1.165) is 55.4 Å². The Kier molecular flexibility index (Phi) is 6.17. The minimum atomic E-state index is -2.61. The predicted molar refractivity (Wildman–Crippen MR) is 100 cm³/mol. The van der Waals surface area contributed by atoms with Crippen LogP contribution < -0.4 is 10.5 Å². The van der Waals surface area contributed by atoms with Crippen molar-refractivity contribution in [3.63, 3.8) is 0 Å². The third kappa shape index (κ3) is 4.84. The topological polar surface area (TPSA) is 72.5 Å². The zero-order chi connectivity index (χ0) is 18.0. The summed E-state index contributed by atoms with van der Waals surface area (Å²) in [4.78, 5) is 9.87. The van der Waals surface area contributed by atoms with Crippen molar-refractivity contribution in [3.8, 4) is 5.75 Å². The van der Waals surface area contributed by atoms with Crippen molar-refractivity contribution in [3.05, 3.63) is 28.8 Å². The van der Waals surface area contributed by atoms with Crippen LogP contribution in [0.15, 0.2) is 12.1 Å². The number of rotatable bonds is 6. The normalized spacial score (nSPS) is 19.1. The maximum absolute atomic E-state index is 12.0. The molecule has 136 valence electrons. The fraction of sp³-hybridized carbons (Fsp3) is 0.684. The summed E-state index contributed by atoms with van der Waals surface area (Å²) in [5.41, 5.74) is 9.21. The summed E-state index contributed by atoms with van der Waals surface area (Å²) < 4.78 is 18.1. The summed E-state index contributed by atoms with van der Waals surface area (Å²) >= 11 is 0. The first kappa shape index (κ1) is 19.5. The SMILES string of the molecule is Cc1cc(CC(C)(C)N)cc(C)c1OCC1([PH](=O)O)CCCCC1. The molecule has 1 aliphatic carbocycles. The van der Waals surface area contributed by atoms with Crippen molar-refractivity contribution in [2.24, 2.45) is 5.73 Å². The van der Waals surface area contributed by atoms with E-state index in [9.17, 15) is 9.46 Å². The summed E-state index contributed by atoms with van der Waals surface area (Å²) in [5, 5.41) is -0.542. The van der Waals surface area contributed by atoms with E-state index in [1.54, 1.807) is 0 Å². The lowest BCUT2D eigenvalue weighted by Crippen LogP contribution is -2.35. The lowest BCUT2D eigenvalue weighted by Gasteiger charge is -2.34. The second-order valence-electron chi connectivity index (χ2n) is 8.16. The van der Waals surface area contributed by atoms with Gasteiger partial charge in [0.25, 0.3) is 0 Å². The Balaban J connectivity index is 2.16. The number of benzene rings is 1. The Hall–Kier alpha value is -0.830. The monoisotopic (exact) mass is 353 g/mol. The van der Waals surface area contributed by atoms with Crippen LogP contribution in [0, 0.1) is 13.8 Å². The molecule has 5 heteroatoms.